The first-order valence-corrected chi connectivity index (χ1v) is 9.58. The Balaban J connectivity index is 1.94. The van der Waals surface area contributed by atoms with E-state index >= 15 is 0 Å². The minimum atomic E-state index is -0.186. The summed E-state index contributed by atoms with van der Waals surface area (Å²) < 4.78 is 10.8. The van der Waals surface area contributed by atoms with Crippen LogP contribution in [0.15, 0.2) is 41.5 Å². The Morgan fingerprint density at radius 1 is 1.17 bits per heavy atom. The number of hydrazone groups is 1. The lowest BCUT2D eigenvalue weighted by molar-refractivity contribution is -0.123. The van der Waals surface area contributed by atoms with Crippen LogP contribution in [0.1, 0.15) is 23.6 Å². The van der Waals surface area contributed by atoms with Crippen LogP contribution in [0.25, 0.3) is 0 Å². The Bertz CT molecular complexity index is 899. The highest BCUT2D eigenvalue weighted by Crippen LogP contribution is 2.27. The number of hydrogen-bond acceptors (Lipinski definition) is 5. The number of amides is 1. The van der Waals surface area contributed by atoms with Crippen LogP contribution < -0.4 is 25.5 Å². The van der Waals surface area contributed by atoms with Gasteiger partial charge in [0.1, 0.15) is 0 Å². The molecular formula is C21H26N4O3S. The maximum Gasteiger partial charge on any atom is 0.257 e. The van der Waals surface area contributed by atoms with Crippen LogP contribution >= 0.6 is 12.2 Å². The van der Waals surface area contributed by atoms with Gasteiger partial charge in [0, 0.05) is 12.2 Å². The topological polar surface area (TPSA) is 84.0 Å². The second-order valence-corrected chi connectivity index (χ2v) is 6.70. The molecule has 0 atom stereocenters. The van der Waals surface area contributed by atoms with Crippen molar-refractivity contribution in [2.75, 3.05) is 25.6 Å². The zero-order chi connectivity index (χ0) is 21.2. The SMILES string of the molecule is CCNC(=O)COc1ccc(/C=N\NC(=S)Nc2ccc(C)cc2C)cc1OC. The maximum absolute atomic E-state index is 11.5. The molecule has 0 spiro atoms. The lowest BCUT2D eigenvalue weighted by Crippen LogP contribution is -2.28. The molecule has 1 amide bonds. The summed E-state index contributed by atoms with van der Waals surface area (Å²) >= 11 is 5.28. The molecule has 0 aliphatic carbocycles. The molecule has 2 aromatic rings. The predicted molar refractivity (Wildman–Crippen MR) is 120 cm³/mol. The van der Waals surface area contributed by atoms with E-state index in [2.05, 4.69) is 27.2 Å². The van der Waals surface area contributed by atoms with Crippen molar-refractivity contribution in [2.24, 2.45) is 5.10 Å². The lowest BCUT2D eigenvalue weighted by Gasteiger charge is -2.11. The number of thiocarbonyl (C=S) groups is 1. The van der Waals surface area contributed by atoms with Crippen molar-refractivity contribution in [3.63, 3.8) is 0 Å². The van der Waals surface area contributed by atoms with Gasteiger partial charge in [0.05, 0.1) is 13.3 Å². The van der Waals surface area contributed by atoms with Crippen LogP contribution in [0.4, 0.5) is 5.69 Å². The summed E-state index contributed by atoms with van der Waals surface area (Å²) in [5, 5.41) is 10.3. The summed E-state index contributed by atoms with van der Waals surface area (Å²) in [6.07, 6.45) is 1.62. The van der Waals surface area contributed by atoms with Crippen LogP contribution in [0.3, 0.4) is 0 Å². The first-order chi connectivity index (χ1) is 13.9. The number of hydrogen-bond donors (Lipinski definition) is 3. The number of likely N-dealkylation sites (N-methyl/N-ethyl adjacent to an activating group) is 1. The third kappa shape index (κ3) is 7.08. The zero-order valence-corrected chi connectivity index (χ0v) is 17.9. The van der Waals surface area contributed by atoms with E-state index in [0.29, 0.717) is 23.2 Å². The maximum atomic E-state index is 11.5. The Morgan fingerprint density at radius 3 is 2.66 bits per heavy atom. The van der Waals surface area contributed by atoms with Crippen LogP contribution in [-0.2, 0) is 4.79 Å². The van der Waals surface area contributed by atoms with E-state index in [-0.39, 0.29) is 12.5 Å². The molecule has 8 heteroatoms. The third-order valence-corrected chi connectivity index (χ3v) is 4.12. The molecule has 0 bridgehead atoms. The van der Waals surface area contributed by atoms with E-state index in [1.165, 1.54) is 12.7 Å². The molecule has 2 aromatic carbocycles. The first-order valence-electron chi connectivity index (χ1n) is 9.17. The molecule has 0 aliphatic heterocycles. The van der Waals surface area contributed by atoms with Crippen molar-refractivity contribution < 1.29 is 14.3 Å². The molecule has 2 rings (SSSR count). The normalized spacial score (nSPS) is 10.5. The third-order valence-electron chi connectivity index (χ3n) is 3.93. The molecule has 29 heavy (non-hydrogen) atoms. The standard InChI is InChI=1S/C21H26N4O3S/c1-5-22-20(26)13-28-18-9-7-16(11-19(18)27-4)12-23-25-21(29)24-17-8-6-14(2)10-15(17)3/h6-12H,5,13H2,1-4H3,(H,22,26)(H2,24,25,29)/b23-12-. The fraction of sp³-hybridized carbons (Fsp3) is 0.286. The van der Waals surface area contributed by atoms with Crippen molar-refractivity contribution in [2.45, 2.75) is 20.8 Å². The van der Waals surface area contributed by atoms with E-state index in [0.717, 1.165) is 16.8 Å². The van der Waals surface area contributed by atoms with Gasteiger partial charge in [0.15, 0.2) is 23.2 Å². The summed E-state index contributed by atoms with van der Waals surface area (Å²) in [6, 6.07) is 11.4. The van der Waals surface area contributed by atoms with Gasteiger partial charge in [-0.25, -0.2) is 0 Å². The summed E-state index contributed by atoms with van der Waals surface area (Å²) in [5.41, 5.74) is 6.80. The molecule has 0 aromatic heterocycles. The average molecular weight is 415 g/mol. The minimum Gasteiger partial charge on any atom is -0.493 e. The molecule has 0 unspecified atom stereocenters. The average Bonchev–Trinajstić information content (AvgIpc) is 2.69. The molecule has 0 fully saturated rings. The fourth-order valence-corrected chi connectivity index (χ4v) is 2.71. The van der Waals surface area contributed by atoms with Crippen LogP contribution in [0.5, 0.6) is 11.5 Å². The summed E-state index contributed by atoms with van der Waals surface area (Å²) in [4.78, 5) is 11.5. The summed E-state index contributed by atoms with van der Waals surface area (Å²) in [6.45, 7) is 6.40. The lowest BCUT2D eigenvalue weighted by atomic mass is 10.1. The molecule has 0 radical (unpaired) electrons. The monoisotopic (exact) mass is 414 g/mol. The highest BCUT2D eigenvalue weighted by molar-refractivity contribution is 7.80. The smallest absolute Gasteiger partial charge is 0.257 e. The van der Waals surface area contributed by atoms with Gasteiger partial charge in [-0.15, -0.1) is 0 Å². The van der Waals surface area contributed by atoms with Crippen LogP contribution in [0.2, 0.25) is 0 Å². The van der Waals surface area contributed by atoms with Crippen molar-refractivity contribution in [3.05, 3.63) is 53.1 Å². The second-order valence-electron chi connectivity index (χ2n) is 6.29. The van der Waals surface area contributed by atoms with Gasteiger partial charge < -0.3 is 20.1 Å². The summed E-state index contributed by atoms with van der Waals surface area (Å²) in [7, 11) is 1.54. The van der Waals surface area contributed by atoms with E-state index in [4.69, 9.17) is 21.7 Å². The molecule has 0 aliphatic rings. The number of rotatable bonds is 8. The molecule has 3 N–H and O–H groups in total. The molecule has 0 saturated carbocycles. The van der Waals surface area contributed by atoms with Gasteiger partial charge >= 0.3 is 0 Å². The Hall–Kier alpha value is -3.13. The molecular weight excluding hydrogens is 388 g/mol. The van der Waals surface area contributed by atoms with Crippen molar-refractivity contribution in [1.82, 2.24) is 10.7 Å². The zero-order valence-electron chi connectivity index (χ0n) is 17.0. The second kappa shape index (κ2) is 11.0. The number of ether oxygens (including phenoxy) is 2. The quantitative estimate of drug-likeness (QED) is 0.350. The van der Waals surface area contributed by atoms with E-state index in [1.54, 1.807) is 24.4 Å². The number of methoxy groups -OCH3 is 1. The number of nitrogens with zero attached hydrogens (tertiary/aromatic N) is 1. The van der Waals surface area contributed by atoms with E-state index in [1.807, 2.05) is 32.9 Å². The van der Waals surface area contributed by atoms with Gasteiger partial charge in [-0.1, -0.05) is 17.7 Å². The molecule has 154 valence electrons. The molecule has 0 heterocycles. The Morgan fingerprint density at radius 2 is 1.97 bits per heavy atom. The molecule has 7 nitrogen and oxygen atoms in total. The highest BCUT2D eigenvalue weighted by Gasteiger charge is 2.08. The highest BCUT2D eigenvalue weighted by atomic mass is 32.1. The largest absolute Gasteiger partial charge is 0.493 e. The predicted octanol–water partition coefficient (Wildman–Crippen LogP) is 3.15. The fourth-order valence-electron chi connectivity index (χ4n) is 2.54. The number of nitrogens with one attached hydrogen (secondary N) is 3. The van der Waals surface area contributed by atoms with Gasteiger partial charge in [-0.2, -0.15) is 5.10 Å². The van der Waals surface area contributed by atoms with Gasteiger partial charge in [0.25, 0.3) is 5.91 Å². The van der Waals surface area contributed by atoms with Gasteiger partial charge in [0.2, 0.25) is 0 Å². The van der Waals surface area contributed by atoms with Gasteiger partial charge in [-0.05, 0) is 68.4 Å². The van der Waals surface area contributed by atoms with Crippen LogP contribution in [0, 0.1) is 13.8 Å². The van der Waals surface area contributed by atoms with Gasteiger partial charge in [-0.3, -0.25) is 10.2 Å². The van der Waals surface area contributed by atoms with Crippen LogP contribution in [-0.4, -0.2) is 37.5 Å². The Kier molecular flexibility index (Phi) is 8.42. The van der Waals surface area contributed by atoms with Crippen molar-refractivity contribution >= 4 is 35.1 Å². The summed E-state index contributed by atoms with van der Waals surface area (Å²) in [5.74, 6) is 0.805. The number of aryl methyl sites for hydroxylation is 2. The number of carbonyl (C=O) groups excluding carboxylic acids is 1. The Labute approximate surface area is 176 Å². The van der Waals surface area contributed by atoms with E-state index in [9.17, 15) is 4.79 Å². The number of benzene rings is 2. The first kappa shape index (κ1) is 22.2. The van der Waals surface area contributed by atoms with Crippen molar-refractivity contribution in [1.29, 1.82) is 0 Å². The minimum absolute atomic E-state index is 0.0719. The van der Waals surface area contributed by atoms with Crippen molar-refractivity contribution in [3.8, 4) is 11.5 Å². The van der Waals surface area contributed by atoms with E-state index < -0.39 is 0 Å². The molecule has 0 saturated heterocycles. The number of anilines is 1. The number of carbonyl (C=O) groups is 1.